The van der Waals surface area contributed by atoms with E-state index in [2.05, 4.69) is 9.72 Å². The van der Waals surface area contributed by atoms with Gasteiger partial charge in [-0.05, 0) is 13.0 Å². The van der Waals surface area contributed by atoms with Crippen molar-refractivity contribution in [3.05, 3.63) is 28.2 Å². The predicted octanol–water partition coefficient (Wildman–Crippen LogP) is -1.09. The van der Waals surface area contributed by atoms with Crippen molar-refractivity contribution in [2.45, 2.75) is 19.1 Å². The van der Waals surface area contributed by atoms with Crippen molar-refractivity contribution in [2.24, 2.45) is 0 Å². The third kappa shape index (κ3) is 3.05. The molecule has 0 spiro atoms. The molecule has 2 atom stereocenters. The maximum absolute atomic E-state index is 11.2. The number of aliphatic hydroxyl groups excluding tert-OH is 2. The Morgan fingerprint density at radius 3 is 2.76 bits per heavy atom. The molecule has 1 rings (SSSR count). The van der Waals surface area contributed by atoms with Gasteiger partial charge in [0.05, 0.1) is 12.3 Å². The lowest BCUT2D eigenvalue weighted by atomic mass is 10.1. The SMILES string of the molecule is CCOC(=O)C(O)C(O)c1c[nH]c(=O)c(N)c1. The zero-order chi connectivity index (χ0) is 13.0. The third-order valence-electron chi connectivity index (χ3n) is 2.12. The molecule has 2 unspecified atom stereocenters. The first-order valence-corrected chi connectivity index (χ1v) is 4.98. The second kappa shape index (κ2) is 5.46. The molecule has 17 heavy (non-hydrogen) atoms. The number of aliphatic hydroxyl groups is 2. The van der Waals surface area contributed by atoms with Gasteiger partial charge in [0.1, 0.15) is 6.10 Å². The van der Waals surface area contributed by atoms with E-state index in [1.165, 1.54) is 12.3 Å². The number of pyridine rings is 1. The molecule has 0 bridgehead atoms. The zero-order valence-electron chi connectivity index (χ0n) is 9.21. The molecule has 0 aliphatic heterocycles. The number of carbonyl (C=O) groups excluding carboxylic acids is 1. The Hall–Kier alpha value is -1.86. The summed E-state index contributed by atoms with van der Waals surface area (Å²) in [6, 6.07) is 1.19. The van der Waals surface area contributed by atoms with Crippen molar-refractivity contribution in [3.8, 4) is 0 Å². The number of rotatable bonds is 4. The van der Waals surface area contributed by atoms with Crippen LogP contribution in [-0.2, 0) is 9.53 Å². The van der Waals surface area contributed by atoms with Crippen LogP contribution >= 0.6 is 0 Å². The largest absolute Gasteiger partial charge is 0.464 e. The highest BCUT2D eigenvalue weighted by atomic mass is 16.5. The lowest BCUT2D eigenvalue weighted by molar-refractivity contribution is -0.159. The van der Waals surface area contributed by atoms with Crippen molar-refractivity contribution in [1.82, 2.24) is 4.98 Å². The number of nitrogens with two attached hydrogens (primary N) is 1. The van der Waals surface area contributed by atoms with Gasteiger partial charge in [0.2, 0.25) is 0 Å². The minimum atomic E-state index is -1.72. The number of H-pyrrole nitrogens is 1. The molecular formula is C10H14N2O5. The Balaban J connectivity index is 2.88. The number of carbonyl (C=O) groups is 1. The number of esters is 1. The summed E-state index contributed by atoms with van der Waals surface area (Å²) >= 11 is 0. The van der Waals surface area contributed by atoms with Gasteiger partial charge in [0.25, 0.3) is 5.56 Å². The predicted molar refractivity (Wildman–Crippen MR) is 59.1 cm³/mol. The van der Waals surface area contributed by atoms with E-state index in [9.17, 15) is 19.8 Å². The van der Waals surface area contributed by atoms with Gasteiger partial charge in [-0.1, -0.05) is 0 Å². The summed E-state index contributed by atoms with van der Waals surface area (Å²) in [6.45, 7) is 1.67. The average Bonchev–Trinajstić information content (AvgIpc) is 2.31. The minimum absolute atomic E-state index is 0.0936. The topological polar surface area (TPSA) is 126 Å². The Kier molecular flexibility index (Phi) is 4.24. The molecule has 7 nitrogen and oxygen atoms in total. The summed E-state index contributed by atoms with van der Waals surface area (Å²) in [4.78, 5) is 24.4. The fourth-order valence-corrected chi connectivity index (χ4v) is 1.23. The summed E-state index contributed by atoms with van der Waals surface area (Å²) in [5.41, 5.74) is 4.85. The van der Waals surface area contributed by atoms with Crippen LogP contribution in [0.2, 0.25) is 0 Å². The average molecular weight is 242 g/mol. The second-order valence-corrected chi connectivity index (χ2v) is 3.36. The molecule has 0 radical (unpaired) electrons. The molecular weight excluding hydrogens is 228 g/mol. The Labute approximate surface area is 96.8 Å². The third-order valence-corrected chi connectivity index (χ3v) is 2.12. The van der Waals surface area contributed by atoms with E-state index in [0.717, 1.165) is 0 Å². The minimum Gasteiger partial charge on any atom is -0.464 e. The number of hydrogen-bond donors (Lipinski definition) is 4. The number of hydrogen-bond acceptors (Lipinski definition) is 6. The summed E-state index contributed by atoms with van der Waals surface area (Å²) in [6.07, 6.45) is -2.06. The van der Waals surface area contributed by atoms with Gasteiger partial charge in [0.15, 0.2) is 6.10 Å². The maximum Gasteiger partial charge on any atom is 0.338 e. The summed E-state index contributed by atoms with van der Waals surface area (Å²) in [5.74, 6) is -0.940. The Morgan fingerprint density at radius 1 is 1.59 bits per heavy atom. The molecule has 0 aliphatic carbocycles. The molecule has 1 heterocycles. The molecule has 0 amide bonds. The molecule has 94 valence electrons. The first-order chi connectivity index (χ1) is 7.97. The highest BCUT2D eigenvalue weighted by Crippen LogP contribution is 2.17. The van der Waals surface area contributed by atoms with Gasteiger partial charge in [-0.15, -0.1) is 0 Å². The molecule has 1 aromatic heterocycles. The number of nitrogen functional groups attached to an aromatic ring is 1. The van der Waals surface area contributed by atoms with Gasteiger partial charge in [-0.2, -0.15) is 0 Å². The summed E-state index contributed by atoms with van der Waals surface area (Å²) < 4.78 is 4.55. The van der Waals surface area contributed by atoms with Crippen molar-refractivity contribution >= 4 is 11.7 Å². The number of ether oxygens (including phenoxy) is 1. The highest BCUT2D eigenvalue weighted by Gasteiger charge is 2.27. The van der Waals surface area contributed by atoms with Gasteiger partial charge in [0, 0.05) is 11.8 Å². The van der Waals surface area contributed by atoms with Crippen LogP contribution in [-0.4, -0.2) is 33.9 Å². The fraction of sp³-hybridized carbons (Fsp3) is 0.400. The Morgan fingerprint density at radius 2 is 2.24 bits per heavy atom. The van der Waals surface area contributed by atoms with Gasteiger partial charge in [-0.3, -0.25) is 4.79 Å². The van der Waals surface area contributed by atoms with Gasteiger partial charge in [-0.25, -0.2) is 4.79 Å². The molecule has 0 saturated carbocycles. The van der Waals surface area contributed by atoms with Crippen LogP contribution in [0.1, 0.15) is 18.6 Å². The van der Waals surface area contributed by atoms with E-state index in [4.69, 9.17) is 5.73 Å². The molecule has 0 aliphatic rings. The second-order valence-electron chi connectivity index (χ2n) is 3.36. The van der Waals surface area contributed by atoms with E-state index in [0.29, 0.717) is 0 Å². The smallest absolute Gasteiger partial charge is 0.338 e. The fourth-order valence-electron chi connectivity index (χ4n) is 1.23. The molecule has 7 heteroatoms. The Bertz CT molecular complexity index is 456. The van der Waals surface area contributed by atoms with Crippen LogP contribution in [0.5, 0.6) is 0 Å². The van der Waals surface area contributed by atoms with Gasteiger partial charge >= 0.3 is 5.97 Å². The summed E-state index contributed by atoms with van der Waals surface area (Å²) in [5, 5.41) is 19.1. The number of aromatic amines is 1. The highest BCUT2D eigenvalue weighted by molar-refractivity contribution is 5.75. The lowest BCUT2D eigenvalue weighted by Gasteiger charge is -2.16. The van der Waals surface area contributed by atoms with Crippen molar-refractivity contribution in [2.75, 3.05) is 12.3 Å². The van der Waals surface area contributed by atoms with E-state index < -0.39 is 23.7 Å². The first-order valence-electron chi connectivity index (χ1n) is 4.98. The van der Waals surface area contributed by atoms with Crippen molar-refractivity contribution < 1.29 is 19.7 Å². The molecule has 0 fully saturated rings. The van der Waals surface area contributed by atoms with Crippen LogP contribution in [0.4, 0.5) is 5.69 Å². The van der Waals surface area contributed by atoms with Crippen LogP contribution in [0.25, 0.3) is 0 Å². The van der Waals surface area contributed by atoms with E-state index in [1.54, 1.807) is 6.92 Å². The molecule has 0 saturated heterocycles. The molecule has 0 aromatic carbocycles. The molecule has 1 aromatic rings. The monoisotopic (exact) mass is 242 g/mol. The van der Waals surface area contributed by atoms with Crippen LogP contribution < -0.4 is 11.3 Å². The van der Waals surface area contributed by atoms with E-state index in [1.807, 2.05) is 0 Å². The van der Waals surface area contributed by atoms with E-state index in [-0.39, 0.29) is 17.9 Å². The van der Waals surface area contributed by atoms with Gasteiger partial charge < -0.3 is 25.7 Å². The van der Waals surface area contributed by atoms with E-state index >= 15 is 0 Å². The van der Waals surface area contributed by atoms with Crippen LogP contribution in [0.3, 0.4) is 0 Å². The quantitative estimate of drug-likeness (QED) is 0.497. The lowest BCUT2D eigenvalue weighted by Crippen LogP contribution is -2.30. The zero-order valence-corrected chi connectivity index (χ0v) is 9.21. The normalized spacial score (nSPS) is 14.1. The van der Waals surface area contributed by atoms with Crippen LogP contribution in [0, 0.1) is 0 Å². The summed E-state index contributed by atoms with van der Waals surface area (Å²) in [7, 11) is 0. The maximum atomic E-state index is 11.2. The van der Waals surface area contributed by atoms with Crippen molar-refractivity contribution in [3.63, 3.8) is 0 Å². The first kappa shape index (κ1) is 13.2. The number of nitrogens with one attached hydrogen (secondary N) is 1. The number of aromatic nitrogens is 1. The number of anilines is 1. The standard InChI is InChI=1S/C10H14N2O5/c1-2-17-10(16)8(14)7(13)5-3-6(11)9(15)12-4-5/h3-4,7-8,13-14H,2,11H2,1H3,(H,12,15). The van der Waals surface area contributed by atoms with Crippen molar-refractivity contribution in [1.29, 1.82) is 0 Å². The van der Waals surface area contributed by atoms with Crippen LogP contribution in [0.15, 0.2) is 17.1 Å². The molecule has 5 N–H and O–H groups in total.